The van der Waals surface area contributed by atoms with Gasteiger partial charge in [-0.25, -0.2) is 0 Å². The lowest BCUT2D eigenvalue weighted by atomic mass is 9.86. The second-order valence-electron chi connectivity index (χ2n) is 5.08. The molecule has 1 aliphatic rings. The van der Waals surface area contributed by atoms with E-state index in [1.807, 2.05) is 6.92 Å². The van der Waals surface area contributed by atoms with Gasteiger partial charge < -0.3 is 5.11 Å². The lowest BCUT2D eigenvalue weighted by Gasteiger charge is -2.42. The van der Waals surface area contributed by atoms with E-state index in [0.29, 0.717) is 0 Å². The first-order valence-electron chi connectivity index (χ1n) is 6.08. The SMILES string of the molecule is C=C(C)CC(O)C(C)(CC)N1CCCC1. The van der Waals surface area contributed by atoms with Crippen molar-refractivity contribution < 1.29 is 5.11 Å². The first-order valence-corrected chi connectivity index (χ1v) is 6.08. The highest BCUT2D eigenvalue weighted by Gasteiger charge is 2.38. The maximum absolute atomic E-state index is 10.3. The summed E-state index contributed by atoms with van der Waals surface area (Å²) in [6.07, 6.45) is 3.99. The Morgan fingerprint density at radius 3 is 2.40 bits per heavy atom. The third-order valence-corrected chi connectivity index (χ3v) is 3.80. The average molecular weight is 211 g/mol. The van der Waals surface area contributed by atoms with Gasteiger partial charge in [-0.3, -0.25) is 4.90 Å². The van der Waals surface area contributed by atoms with Crippen LogP contribution < -0.4 is 0 Å². The molecule has 0 spiro atoms. The molecule has 0 bridgehead atoms. The zero-order chi connectivity index (χ0) is 11.5. The molecule has 1 aliphatic heterocycles. The Balaban J connectivity index is 2.68. The lowest BCUT2D eigenvalue weighted by molar-refractivity contribution is -0.0116. The first-order chi connectivity index (χ1) is 7.00. The van der Waals surface area contributed by atoms with E-state index < -0.39 is 0 Å². The van der Waals surface area contributed by atoms with E-state index in [0.717, 1.165) is 31.5 Å². The van der Waals surface area contributed by atoms with Gasteiger partial charge in [0.05, 0.1) is 6.10 Å². The summed E-state index contributed by atoms with van der Waals surface area (Å²) < 4.78 is 0. The third kappa shape index (κ3) is 2.82. The molecule has 0 aliphatic carbocycles. The summed E-state index contributed by atoms with van der Waals surface area (Å²) in [6.45, 7) is 12.5. The molecule has 15 heavy (non-hydrogen) atoms. The molecular formula is C13H25NO. The Morgan fingerprint density at radius 2 is 2.00 bits per heavy atom. The maximum atomic E-state index is 10.3. The normalized spacial score (nSPS) is 23.7. The molecule has 2 atom stereocenters. The topological polar surface area (TPSA) is 23.5 Å². The maximum Gasteiger partial charge on any atom is 0.0757 e. The minimum atomic E-state index is -0.280. The summed E-state index contributed by atoms with van der Waals surface area (Å²) in [4.78, 5) is 2.45. The molecule has 0 aromatic carbocycles. The van der Waals surface area contributed by atoms with Crippen LogP contribution in [0.25, 0.3) is 0 Å². The summed E-state index contributed by atoms with van der Waals surface area (Å²) in [7, 11) is 0. The van der Waals surface area contributed by atoms with Crippen LogP contribution >= 0.6 is 0 Å². The molecule has 0 amide bonds. The van der Waals surface area contributed by atoms with Crippen LogP contribution in [0.3, 0.4) is 0 Å². The molecular weight excluding hydrogens is 186 g/mol. The molecule has 0 radical (unpaired) electrons. The molecule has 1 N–H and O–H groups in total. The van der Waals surface area contributed by atoms with Crippen LogP contribution in [0.5, 0.6) is 0 Å². The summed E-state index contributed by atoms with van der Waals surface area (Å²) in [5.41, 5.74) is 1.01. The van der Waals surface area contributed by atoms with Crippen molar-refractivity contribution in [1.82, 2.24) is 4.90 Å². The van der Waals surface area contributed by atoms with Crippen molar-refractivity contribution in [2.75, 3.05) is 13.1 Å². The molecule has 1 saturated heterocycles. The van der Waals surface area contributed by atoms with Gasteiger partial charge in [-0.05, 0) is 52.6 Å². The van der Waals surface area contributed by atoms with Crippen molar-refractivity contribution in [3.05, 3.63) is 12.2 Å². The van der Waals surface area contributed by atoms with Crippen molar-refractivity contribution in [3.63, 3.8) is 0 Å². The average Bonchev–Trinajstić information content (AvgIpc) is 2.68. The number of likely N-dealkylation sites (tertiary alicyclic amines) is 1. The van der Waals surface area contributed by atoms with E-state index in [4.69, 9.17) is 0 Å². The van der Waals surface area contributed by atoms with Crippen LogP contribution in [0.1, 0.15) is 46.5 Å². The van der Waals surface area contributed by atoms with Gasteiger partial charge in [-0.1, -0.05) is 12.5 Å². The van der Waals surface area contributed by atoms with Crippen molar-refractivity contribution in [1.29, 1.82) is 0 Å². The van der Waals surface area contributed by atoms with Crippen LogP contribution in [0.15, 0.2) is 12.2 Å². The third-order valence-electron chi connectivity index (χ3n) is 3.80. The van der Waals surface area contributed by atoms with Crippen LogP contribution in [-0.4, -0.2) is 34.7 Å². The number of hydrogen-bond acceptors (Lipinski definition) is 2. The van der Waals surface area contributed by atoms with Crippen LogP contribution in [0, 0.1) is 0 Å². The first kappa shape index (κ1) is 12.7. The van der Waals surface area contributed by atoms with Gasteiger partial charge in [0, 0.05) is 5.54 Å². The molecule has 0 aromatic heterocycles. The predicted octanol–water partition coefficient (Wildman–Crippen LogP) is 2.58. The highest BCUT2D eigenvalue weighted by atomic mass is 16.3. The lowest BCUT2D eigenvalue weighted by Crippen LogP contribution is -2.53. The molecule has 88 valence electrons. The Bertz CT molecular complexity index is 221. The molecule has 2 unspecified atom stereocenters. The van der Waals surface area contributed by atoms with Gasteiger partial charge >= 0.3 is 0 Å². The zero-order valence-corrected chi connectivity index (χ0v) is 10.4. The van der Waals surface area contributed by atoms with E-state index in [1.165, 1.54) is 12.8 Å². The minimum Gasteiger partial charge on any atom is -0.391 e. The number of rotatable bonds is 5. The van der Waals surface area contributed by atoms with Gasteiger partial charge in [-0.15, -0.1) is 6.58 Å². The fraction of sp³-hybridized carbons (Fsp3) is 0.846. The van der Waals surface area contributed by atoms with E-state index in [9.17, 15) is 5.11 Å². The second kappa shape index (κ2) is 5.13. The molecule has 2 nitrogen and oxygen atoms in total. The Hall–Kier alpha value is -0.340. The minimum absolute atomic E-state index is 0.0601. The van der Waals surface area contributed by atoms with Gasteiger partial charge in [-0.2, -0.15) is 0 Å². The molecule has 0 saturated carbocycles. The Morgan fingerprint density at radius 1 is 1.47 bits per heavy atom. The fourth-order valence-electron chi connectivity index (χ4n) is 2.45. The van der Waals surface area contributed by atoms with E-state index in [-0.39, 0.29) is 11.6 Å². The summed E-state index contributed by atoms with van der Waals surface area (Å²) in [6, 6.07) is 0. The van der Waals surface area contributed by atoms with E-state index in [2.05, 4.69) is 25.3 Å². The van der Waals surface area contributed by atoms with Crippen molar-refractivity contribution >= 4 is 0 Å². The van der Waals surface area contributed by atoms with Crippen LogP contribution in [-0.2, 0) is 0 Å². The molecule has 1 rings (SSSR count). The summed E-state index contributed by atoms with van der Waals surface area (Å²) in [5, 5.41) is 10.3. The van der Waals surface area contributed by atoms with Gasteiger partial charge in [0.2, 0.25) is 0 Å². The highest BCUT2D eigenvalue weighted by molar-refractivity contribution is 5.01. The van der Waals surface area contributed by atoms with E-state index in [1.54, 1.807) is 0 Å². The van der Waals surface area contributed by atoms with Crippen LogP contribution in [0.4, 0.5) is 0 Å². The summed E-state index contributed by atoms with van der Waals surface area (Å²) >= 11 is 0. The smallest absolute Gasteiger partial charge is 0.0757 e. The molecule has 1 fully saturated rings. The number of aliphatic hydroxyl groups is 1. The quantitative estimate of drug-likeness (QED) is 0.707. The Kier molecular flexibility index (Phi) is 4.35. The number of nitrogens with zero attached hydrogens (tertiary/aromatic N) is 1. The van der Waals surface area contributed by atoms with Crippen molar-refractivity contribution in [3.8, 4) is 0 Å². The fourth-order valence-corrected chi connectivity index (χ4v) is 2.45. The number of hydrogen-bond donors (Lipinski definition) is 1. The molecule has 1 heterocycles. The van der Waals surface area contributed by atoms with Gasteiger partial charge in [0.15, 0.2) is 0 Å². The largest absolute Gasteiger partial charge is 0.391 e. The van der Waals surface area contributed by atoms with Crippen LogP contribution in [0.2, 0.25) is 0 Å². The van der Waals surface area contributed by atoms with Crippen molar-refractivity contribution in [2.45, 2.75) is 58.1 Å². The van der Waals surface area contributed by atoms with E-state index >= 15 is 0 Å². The standard InChI is InChI=1S/C13H25NO/c1-5-13(4,12(15)10-11(2)3)14-8-6-7-9-14/h12,15H,2,5-10H2,1,3-4H3. The van der Waals surface area contributed by atoms with Crippen molar-refractivity contribution in [2.24, 2.45) is 0 Å². The highest BCUT2D eigenvalue weighted by Crippen LogP contribution is 2.30. The van der Waals surface area contributed by atoms with Gasteiger partial charge in [0.1, 0.15) is 0 Å². The second-order valence-corrected chi connectivity index (χ2v) is 5.08. The number of aliphatic hydroxyl groups excluding tert-OH is 1. The molecule has 2 heteroatoms. The molecule has 0 aromatic rings. The Labute approximate surface area is 94.0 Å². The summed E-state index contributed by atoms with van der Waals surface area (Å²) in [5.74, 6) is 0. The zero-order valence-electron chi connectivity index (χ0n) is 10.4. The monoisotopic (exact) mass is 211 g/mol. The predicted molar refractivity (Wildman–Crippen MR) is 64.9 cm³/mol. The van der Waals surface area contributed by atoms with Gasteiger partial charge in [0.25, 0.3) is 0 Å².